The Morgan fingerprint density at radius 2 is 1.74 bits per heavy atom. The smallest absolute Gasteiger partial charge is 0.329 e. The Labute approximate surface area is 218 Å². The van der Waals surface area contributed by atoms with Crippen molar-refractivity contribution in [1.29, 1.82) is 0 Å². The minimum Gasteiger partial charge on any atom is -0.494 e. The van der Waals surface area contributed by atoms with Gasteiger partial charge >= 0.3 is 11.8 Å². The number of nitrogens with zero attached hydrogens (tertiary/aromatic N) is 1. The van der Waals surface area contributed by atoms with E-state index >= 15 is 0 Å². The topological polar surface area (TPSA) is 137 Å². The molecule has 38 heavy (non-hydrogen) atoms. The number of fused-ring (bicyclic) bond motifs is 1. The lowest BCUT2D eigenvalue weighted by atomic mass is 10.2. The number of hydrogen-bond donors (Lipinski definition) is 3. The molecule has 0 unspecified atom stereocenters. The maximum Gasteiger partial charge on any atom is 0.329 e. The van der Waals surface area contributed by atoms with Crippen LogP contribution in [-0.2, 0) is 20.9 Å². The molecule has 0 atom stereocenters. The fourth-order valence-corrected chi connectivity index (χ4v) is 3.36. The van der Waals surface area contributed by atoms with Gasteiger partial charge in [0, 0.05) is 12.2 Å². The van der Waals surface area contributed by atoms with Crippen molar-refractivity contribution in [3.63, 3.8) is 0 Å². The predicted octanol–water partition coefficient (Wildman–Crippen LogP) is 2.60. The molecule has 3 amide bonds. The predicted molar refractivity (Wildman–Crippen MR) is 138 cm³/mol. The molecule has 0 aliphatic carbocycles. The number of hydrazone groups is 1. The number of benzene rings is 3. The molecule has 0 bridgehead atoms. The van der Waals surface area contributed by atoms with E-state index in [1.165, 1.54) is 6.21 Å². The average molecular weight is 519 g/mol. The molecule has 1 aliphatic rings. The average Bonchev–Trinajstić information content (AvgIpc) is 3.40. The molecule has 4 rings (SSSR count). The van der Waals surface area contributed by atoms with Gasteiger partial charge in [0.25, 0.3) is 5.91 Å². The zero-order chi connectivity index (χ0) is 26.7. The summed E-state index contributed by atoms with van der Waals surface area (Å²) in [4.78, 5) is 36.3. The monoisotopic (exact) mass is 518 g/mol. The minimum atomic E-state index is -0.916. The highest BCUT2D eigenvalue weighted by Crippen LogP contribution is 2.32. The number of nitrogens with one attached hydrogen (secondary N) is 3. The first-order chi connectivity index (χ1) is 18.5. The van der Waals surface area contributed by atoms with E-state index in [1.54, 1.807) is 66.7 Å². The standard InChI is InChI=1S/C27H26N4O7/c1-2-35-21-9-7-20(8-10-21)30-25(32)16-36-22-5-3-4-18(12-22)15-29-31-27(34)26(33)28-14-19-6-11-23-24(13-19)38-17-37-23/h3-13,15H,2,14,16-17H2,1H3,(H,28,33)(H,30,32)(H,31,34)/b29-15-. The van der Waals surface area contributed by atoms with E-state index in [4.69, 9.17) is 18.9 Å². The summed E-state index contributed by atoms with van der Waals surface area (Å²) in [6.07, 6.45) is 1.36. The summed E-state index contributed by atoms with van der Waals surface area (Å²) >= 11 is 0. The Bertz CT molecular complexity index is 1330. The molecular formula is C27H26N4O7. The van der Waals surface area contributed by atoms with Gasteiger partial charge in [-0.3, -0.25) is 14.4 Å². The maximum atomic E-state index is 12.2. The Kier molecular flexibility index (Phi) is 8.74. The quantitative estimate of drug-likeness (QED) is 0.213. The van der Waals surface area contributed by atoms with E-state index in [9.17, 15) is 14.4 Å². The SMILES string of the molecule is CCOc1ccc(NC(=O)COc2cccc(/C=N\NC(=O)C(=O)NCc3ccc4c(c3)OCO4)c2)cc1. The third-order valence-corrected chi connectivity index (χ3v) is 5.15. The molecule has 11 heteroatoms. The van der Waals surface area contributed by atoms with Crippen molar-refractivity contribution in [3.8, 4) is 23.0 Å². The second-order valence-corrected chi connectivity index (χ2v) is 7.94. The van der Waals surface area contributed by atoms with Crippen molar-refractivity contribution >= 4 is 29.6 Å². The van der Waals surface area contributed by atoms with Crippen LogP contribution in [0.25, 0.3) is 0 Å². The van der Waals surface area contributed by atoms with Gasteiger partial charge in [0.15, 0.2) is 18.1 Å². The van der Waals surface area contributed by atoms with Crippen LogP contribution in [0.4, 0.5) is 5.69 Å². The zero-order valence-corrected chi connectivity index (χ0v) is 20.6. The molecular weight excluding hydrogens is 492 g/mol. The van der Waals surface area contributed by atoms with E-state index in [2.05, 4.69) is 21.2 Å². The van der Waals surface area contributed by atoms with Crippen molar-refractivity contribution in [2.45, 2.75) is 13.5 Å². The fourth-order valence-electron chi connectivity index (χ4n) is 3.36. The van der Waals surface area contributed by atoms with Crippen LogP contribution in [0.3, 0.4) is 0 Å². The van der Waals surface area contributed by atoms with Crippen LogP contribution >= 0.6 is 0 Å². The van der Waals surface area contributed by atoms with E-state index in [0.29, 0.717) is 35.1 Å². The molecule has 0 fully saturated rings. The van der Waals surface area contributed by atoms with E-state index in [-0.39, 0.29) is 25.9 Å². The highest BCUT2D eigenvalue weighted by atomic mass is 16.7. The lowest BCUT2D eigenvalue weighted by Crippen LogP contribution is -2.37. The first kappa shape index (κ1) is 26.0. The van der Waals surface area contributed by atoms with Crippen molar-refractivity contribution in [2.24, 2.45) is 5.10 Å². The van der Waals surface area contributed by atoms with Gasteiger partial charge in [-0.25, -0.2) is 5.43 Å². The molecule has 11 nitrogen and oxygen atoms in total. The normalized spacial score (nSPS) is 11.6. The Hall–Kier alpha value is -5.06. The van der Waals surface area contributed by atoms with Crippen LogP contribution in [0.2, 0.25) is 0 Å². The van der Waals surface area contributed by atoms with E-state index in [0.717, 1.165) is 11.3 Å². The molecule has 0 aromatic heterocycles. The van der Waals surface area contributed by atoms with Gasteiger partial charge in [-0.05, 0) is 66.6 Å². The molecule has 3 N–H and O–H groups in total. The van der Waals surface area contributed by atoms with Crippen LogP contribution in [0.15, 0.2) is 71.8 Å². The van der Waals surface area contributed by atoms with Crippen LogP contribution in [0, 0.1) is 0 Å². The summed E-state index contributed by atoms with van der Waals surface area (Å²) in [5, 5.41) is 9.07. The van der Waals surface area contributed by atoms with Gasteiger partial charge in [0.05, 0.1) is 12.8 Å². The molecule has 0 radical (unpaired) electrons. The number of hydrogen-bond acceptors (Lipinski definition) is 8. The molecule has 1 heterocycles. The summed E-state index contributed by atoms with van der Waals surface area (Å²) in [5.74, 6) is 0.295. The van der Waals surface area contributed by atoms with Crippen molar-refractivity contribution in [2.75, 3.05) is 25.3 Å². The van der Waals surface area contributed by atoms with Gasteiger partial charge in [-0.15, -0.1) is 0 Å². The molecule has 196 valence electrons. The Morgan fingerprint density at radius 1 is 0.921 bits per heavy atom. The maximum absolute atomic E-state index is 12.2. The first-order valence-corrected chi connectivity index (χ1v) is 11.8. The third kappa shape index (κ3) is 7.47. The van der Waals surface area contributed by atoms with Crippen LogP contribution < -0.4 is 35.0 Å². The van der Waals surface area contributed by atoms with Crippen molar-refractivity contribution in [1.82, 2.24) is 10.7 Å². The van der Waals surface area contributed by atoms with E-state index < -0.39 is 11.8 Å². The summed E-state index contributed by atoms with van der Waals surface area (Å²) < 4.78 is 21.5. The van der Waals surface area contributed by atoms with Crippen LogP contribution in [-0.4, -0.2) is 43.9 Å². The molecule has 3 aromatic rings. The fraction of sp³-hybridized carbons (Fsp3) is 0.185. The number of amides is 3. The van der Waals surface area contributed by atoms with Gasteiger partial charge in [-0.1, -0.05) is 18.2 Å². The number of rotatable bonds is 10. The highest BCUT2D eigenvalue weighted by Gasteiger charge is 2.15. The summed E-state index contributed by atoms with van der Waals surface area (Å²) in [6, 6.07) is 19.0. The van der Waals surface area contributed by atoms with Gasteiger partial charge in [0.1, 0.15) is 11.5 Å². The number of anilines is 1. The number of ether oxygens (including phenoxy) is 4. The lowest BCUT2D eigenvalue weighted by molar-refractivity contribution is -0.139. The molecule has 0 saturated heterocycles. The third-order valence-electron chi connectivity index (χ3n) is 5.15. The zero-order valence-electron chi connectivity index (χ0n) is 20.6. The number of carbonyl (C=O) groups is 3. The highest BCUT2D eigenvalue weighted by molar-refractivity contribution is 6.35. The lowest BCUT2D eigenvalue weighted by Gasteiger charge is -2.09. The second kappa shape index (κ2) is 12.8. The van der Waals surface area contributed by atoms with Gasteiger partial charge < -0.3 is 29.6 Å². The largest absolute Gasteiger partial charge is 0.494 e. The Balaban J connectivity index is 1.20. The second-order valence-electron chi connectivity index (χ2n) is 7.94. The van der Waals surface area contributed by atoms with Crippen molar-refractivity contribution in [3.05, 3.63) is 77.9 Å². The summed E-state index contributed by atoms with van der Waals surface area (Å²) in [7, 11) is 0. The van der Waals surface area contributed by atoms with Gasteiger partial charge in [0.2, 0.25) is 6.79 Å². The Morgan fingerprint density at radius 3 is 2.55 bits per heavy atom. The molecule has 1 aliphatic heterocycles. The van der Waals surface area contributed by atoms with Crippen molar-refractivity contribution < 1.29 is 33.3 Å². The van der Waals surface area contributed by atoms with E-state index in [1.807, 2.05) is 6.92 Å². The summed E-state index contributed by atoms with van der Waals surface area (Å²) in [6.45, 7) is 2.55. The molecule has 0 spiro atoms. The van der Waals surface area contributed by atoms with Crippen LogP contribution in [0.1, 0.15) is 18.1 Å². The van der Waals surface area contributed by atoms with Gasteiger partial charge in [-0.2, -0.15) is 5.10 Å². The molecule has 0 saturated carbocycles. The first-order valence-electron chi connectivity index (χ1n) is 11.8. The minimum absolute atomic E-state index is 0.137. The molecule has 3 aromatic carbocycles. The van der Waals surface area contributed by atoms with Crippen LogP contribution in [0.5, 0.6) is 23.0 Å². The summed E-state index contributed by atoms with van der Waals surface area (Å²) in [5.41, 5.74) is 4.15. The number of carbonyl (C=O) groups excluding carboxylic acids is 3.